The molecule has 6 nitrogen and oxygen atoms in total. The molecule has 2 aromatic rings. The van der Waals surface area contributed by atoms with Crippen LogP contribution in [0, 0.1) is 5.41 Å². The predicted molar refractivity (Wildman–Crippen MR) is 116 cm³/mol. The molecular formula is C25H30O6. The van der Waals surface area contributed by atoms with Gasteiger partial charge in [-0.3, -0.25) is 9.59 Å². The molecule has 1 aliphatic rings. The summed E-state index contributed by atoms with van der Waals surface area (Å²) >= 11 is 0. The van der Waals surface area contributed by atoms with Gasteiger partial charge in [0.2, 0.25) is 0 Å². The van der Waals surface area contributed by atoms with E-state index in [4.69, 9.17) is 18.9 Å². The first-order valence-electron chi connectivity index (χ1n) is 10.6. The van der Waals surface area contributed by atoms with Gasteiger partial charge in [0.1, 0.15) is 17.2 Å². The summed E-state index contributed by atoms with van der Waals surface area (Å²) in [5, 5.41) is 0. The van der Waals surface area contributed by atoms with Crippen LogP contribution in [0.3, 0.4) is 0 Å². The number of carbonyl (C=O) groups excluding carboxylic acids is 2. The van der Waals surface area contributed by atoms with Crippen molar-refractivity contribution in [2.75, 3.05) is 7.11 Å². The third-order valence-corrected chi connectivity index (χ3v) is 5.59. The van der Waals surface area contributed by atoms with Crippen molar-refractivity contribution in [2.24, 2.45) is 5.41 Å². The second-order valence-corrected chi connectivity index (χ2v) is 8.49. The molecular weight excluding hydrogens is 396 g/mol. The quantitative estimate of drug-likeness (QED) is 0.318. The summed E-state index contributed by atoms with van der Waals surface area (Å²) in [6.07, 6.45) is 1.42. The summed E-state index contributed by atoms with van der Waals surface area (Å²) in [7, 11) is 1.60. The second-order valence-electron chi connectivity index (χ2n) is 8.49. The van der Waals surface area contributed by atoms with Gasteiger partial charge in [0.15, 0.2) is 6.29 Å². The molecule has 0 N–H and O–H groups in total. The average molecular weight is 427 g/mol. The van der Waals surface area contributed by atoms with Crippen LogP contribution >= 0.6 is 0 Å². The van der Waals surface area contributed by atoms with Crippen LogP contribution in [-0.2, 0) is 20.7 Å². The Labute approximate surface area is 183 Å². The predicted octanol–water partition coefficient (Wildman–Crippen LogP) is 5.03. The standard InChI is InChI=1S/C25H30O6/c1-6-17(18-7-9-20(10-8-18)29-16(2)28-5)15-25(3,4)24(27)30-21-11-12-22-19(13-21)14-23(26)31-22/h7-13,16-17H,6,14-15H2,1-5H3. The molecule has 1 aliphatic heterocycles. The van der Waals surface area contributed by atoms with Gasteiger partial charge in [0.05, 0.1) is 11.8 Å². The first-order chi connectivity index (χ1) is 14.7. The summed E-state index contributed by atoms with van der Waals surface area (Å²) in [6, 6.07) is 12.9. The molecule has 31 heavy (non-hydrogen) atoms. The lowest BCUT2D eigenvalue weighted by Gasteiger charge is -2.28. The Bertz CT molecular complexity index is 932. The van der Waals surface area contributed by atoms with Crippen LogP contribution in [-0.4, -0.2) is 25.3 Å². The van der Waals surface area contributed by atoms with Gasteiger partial charge in [-0.15, -0.1) is 0 Å². The number of hydrogen-bond acceptors (Lipinski definition) is 6. The van der Waals surface area contributed by atoms with Crippen molar-refractivity contribution in [3.8, 4) is 17.2 Å². The maximum Gasteiger partial charge on any atom is 0.316 e. The molecule has 0 aliphatic carbocycles. The largest absolute Gasteiger partial charge is 0.465 e. The monoisotopic (exact) mass is 426 g/mol. The highest BCUT2D eigenvalue weighted by Gasteiger charge is 2.33. The molecule has 0 saturated carbocycles. The third kappa shape index (κ3) is 5.64. The minimum Gasteiger partial charge on any atom is -0.465 e. The van der Waals surface area contributed by atoms with E-state index in [1.807, 2.05) is 45.0 Å². The third-order valence-electron chi connectivity index (χ3n) is 5.59. The van der Waals surface area contributed by atoms with Crippen LogP contribution in [0.15, 0.2) is 42.5 Å². The van der Waals surface area contributed by atoms with E-state index in [9.17, 15) is 9.59 Å². The van der Waals surface area contributed by atoms with Crippen molar-refractivity contribution in [3.63, 3.8) is 0 Å². The lowest BCUT2D eigenvalue weighted by atomic mass is 9.79. The van der Waals surface area contributed by atoms with Gasteiger partial charge in [-0.2, -0.15) is 0 Å². The highest BCUT2D eigenvalue weighted by atomic mass is 16.7. The maximum absolute atomic E-state index is 12.9. The number of hydrogen-bond donors (Lipinski definition) is 0. The minimum atomic E-state index is -0.689. The molecule has 0 spiro atoms. The molecule has 0 radical (unpaired) electrons. The van der Waals surface area contributed by atoms with E-state index in [2.05, 4.69) is 6.92 Å². The van der Waals surface area contributed by atoms with Crippen molar-refractivity contribution in [1.29, 1.82) is 0 Å². The summed E-state index contributed by atoms with van der Waals surface area (Å²) in [6.45, 7) is 7.75. The molecule has 0 amide bonds. The van der Waals surface area contributed by atoms with E-state index in [0.29, 0.717) is 17.9 Å². The molecule has 6 heteroatoms. The SMILES string of the molecule is CCC(CC(C)(C)C(=O)Oc1ccc2c(c1)CC(=O)O2)c1ccc(OC(C)OC)cc1. The maximum atomic E-state index is 12.9. The highest BCUT2D eigenvalue weighted by molar-refractivity contribution is 5.82. The first kappa shape index (κ1) is 22.8. The van der Waals surface area contributed by atoms with Crippen LogP contribution in [0.2, 0.25) is 0 Å². The van der Waals surface area contributed by atoms with Crippen LogP contribution in [0.25, 0.3) is 0 Å². The van der Waals surface area contributed by atoms with Gasteiger partial charge >= 0.3 is 11.9 Å². The fraction of sp³-hybridized carbons (Fsp3) is 0.440. The molecule has 0 bridgehead atoms. The van der Waals surface area contributed by atoms with Crippen molar-refractivity contribution in [3.05, 3.63) is 53.6 Å². The molecule has 2 unspecified atom stereocenters. The van der Waals surface area contributed by atoms with E-state index in [1.165, 1.54) is 0 Å². The number of fused-ring (bicyclic) bond motifs is 1. The number of methoxy groups -OCH3 is 1. The summed E-state index contributed by atoms with van der Waals surface area (Å²) in [4.78, 5) is 24.4. The van der Waals surface area contributed by atoms with Gasteiger partial charge in [-0.25, -0.2) is 0 Å². The Kier molecular flexibility index (Phi) is 7.01. The Morgan fingerprint density at radius 2 is 1.81 bits per heavy atom. The Hall–Kier alpha value is -2.86. The van der Waals surface area contributed by atoms with E-state index in [1.54, 1.807) is 25.3 Å². The fourth-order valence-electron chi connectivity index (χ4n) is 3.67. The molecule has 2 atom stereocenters. The van der Waals surface area contributed by atoms with E-state index in [0.717, 1.165) is 23.3 Å². The molecule has 1 heterocycles. The number of ether oxygens (including phenoxy) is 4. The zero-order valence-corrected chi connectivity index (χ0v) is 18.8. The normalized spacial score (nSPS) is 15.1. The average Bonchev–Trinajstić information content (AvgIpc) is 3.11. The molecule has 0 fully saturated rings. The van der Waals surface area contributed by atoms with Gasteiger partial charge in [-0.05, 0) is 75.4 Å². The van der Waals surface area contributed by atoms with Crippen LogP contribution < -0.4 is 14.2 Å². The van der Waals surface area contributed by atoms with Gasteiger partial charge in [-0.1, -0.05) is 19.1 Å². The number of esters is 2. The summed E-state index contributed by atoms with van der Waals surface area (Å²) in [5.41, 5.74) is 1.20. The van der Waals surface area contributed by atoms with Crippen molar-refractivity contribution < 1.29 is 28.5 Å². The number of rotatable bonds is 9. The zero-order valence-electron chi connectivity index (χ0n) is 18.8. The van der Waals surface area contributed by atoms with Crippen molar-refractivity contribution in [1.82, 2.24) is 0 Å². The first-order valence-corrected chi connectivity index (χ1v) is 10.6. The van der Waals surface area contributed by atoms with Crippen LogP contribution in [0.4, 0.5) is 0 Å². The molecule has 0 saturated heterocycles. The van der Waals surface area contributed by atoms with Crippen molar-refractivity contribution in [2.45, 2.75) is 59.2 Å². The van der Waals surface area contributed by atoms with E-state index in [-0.39, 0.29) is 30.6 Å². The summed E-state index contributed by atoms with van der Waals surface area (Å²) < 4.78 is 21.5. The van der Waals surface area contributed by atoms with Gasteiger partial charge in [0.25, 0.3) is 0 Å². The summed E-state index contributed by atoms with van der Waals surface area (Å²) in [5.74, 6) is 1.30. The minimum absolute atomic E-state index is 0.197. The molecule has 0 aromatic heterocycles. The lowest BCUT2D eigenvalue weighted by molar-refractivity contribution is -0.144. The van der Waals surface area contributed by atoms with Gasteiger partial charge in [0, 0.05) is 12.7 Å². The van der Waals surface area contributed by atoms with Gasteiger partial charge < -0.3 is 18.9 Å². The highest BCUT2D eigenvalue weighted by Crippen LogP contribution is 2.37. The van der Waals surface area contributed by atoms with Crippen LogP contribution in [0.5, 0.6) is 17.2 Å². The number of benzene rings is 2. The molecule has 3 rings (SSSR count). The zero-order chi connectivity index (χ0) is 22.6. The van der Waals surface area contributed by atoms with E-state index < -0.39 is 5.41 Å². The van der Waals surface area contributed by atoms with Crippen LogP contribution in [0.1, 0.15) is 57.6 Å². The van der Waals surface area contributed by atoms with E-state index >= 15 is 0 Å². The smallest absolute Gasteiger partial charge is 0.316 e. The molecule has 2 aromatic carbocycles. The fourth-order valence-corrected chi connectivity index (χ4v) is 3.67. The van der Waals surface area contributed by atoms with Crippen molar-refractivity contribution >= 4 is 11.9 Å². The Morgan fingerprint density at radius 3 is 2.45 bits per heavy atom. The lowest BCUT2D eigenvalue weighted by Crippen LogP contribution is -2.31. The topological polar surface area (TPSA) is 71.1 Å². The molecule has 166 valence electrons. The second kappa shape index (κ2) is 9.52. The number of carbonyl (C=O) groups is 2. The Balaban J connectivity index is 1.65. The Morgan fingerprint density at radius 1 is 1.13 bits per heavy atom.